The largest absolute Gasteiger partial charge is 0.357 e. The van der Waals surface area contributed by atoms with Crippen LogP contribution < -0.4 is 9.62 Å². The van der Waals surface area contributed by atoms with Gasteiger partial charge in [-0.25, -0.2) is 8.42 Å². The van der Waals surface area contributed by atoms with Crippen molar-refractivity contribution in [2.45, 2.75) is 38.3 Å². The van der Waals surface area contributed by atoms with Crippen LogP contribution in [0.5, 0.6) is 0 Å². The quantitative estimate of drug-likeness (QED) is 0.347. The van der Waals surface area contributed by atoms with Gasteiger partial charge in [0.25, 0.3) is 10.0 Å². The summed E-state index contributed by atoms with van der Waals surface area (Å²) in [6.45, 7) is 4.41. The van der Waals surface area contributed by atoms with E-state index in [2.05, 4.69) is 5.32 Å². The van der Waals surface area contributed by atoms with E-state index in [0.717, 1.165) is 9.87 Å². The lowest BCUT2D eigenvalue weighted by atomic mass is 10.1. The van der Waals surface area contributed by atoms with Crippen molar-refractivity contribution in [3.8, 4) is 0 Å². The number of carbonyl (C=O) groups is 2. The van der Waals surface area contributed by atoms with Crippen molar-refractivity contribution in [2.24, 2.45) is 0 Å². The molecule has 0 heterocycles. The molecule has 3 aromatic carbocycles. The molecule has 38 heavy (non-hydrogen) atoms. The van der Waals surface area contributed by atoms with Gasteiger partial charge in [-0.15, -0.1) is 0 Å². The summed E-state index contributed by atoms with van der Waals surface area (Å²) in [5, 5.41) is 3.59. The number of sulfonamides is 1. The van der Waals surface area contributed by atoms with Gasteiger partial charge in [0.05, 0.1) is 10.6 Å². The van der Waals surface area contributed by atoms with E-state index in [1.54, 1.807) is 62.4 Å². The highest BCUT2D eigenvalue weighted by Crippen LogP contribution is 2.31. The lowest BCUT2D eigenvalue weighted by Crippen LogP contribution is -2.50. The number of anilines is 1. The predicted molar refractivity (Wildman–Crippen MR) is 152 cm³/mol. The van der Waals surface area contributed by atoms with Crippen molar-refractivity contribution in [1.29, 1.82) is 0 Å². The Morgan fingerprint density at radius 2 is 1.55 bits per heavy atom. The van der Waals surface area contributed by atoms with Crippen LogP contribution in [0.25, 0.3) is 0 Å². The zero-order valence-electron chi connectivity index (χ0n) is 21.3. The second-order valence-corrected chi connectivity index (χ2v) is 11.9. The molecule has 0 radical (unpaired) electrons. The Hall–Kier alpha value is -2.78. The molecule has 202 valence electrons. The fourth-order valence-electron chi connectivity index (χ4n) is 3.89. The van der Waals surface area contributed by atoms with Crippen molar-refractivity contribution in [3.63, 3.8) is 0 Å². The van der Waals surface area contributed by atoms with Gasteiger partial charge in [0.2, 0.25) is 11.8 Å². The number of likely N-dealkylation sites (N-methyl/N-ethyl adjacent to an activating group) is 1. The summed E-state index contributed by atoms with van der Waals surface area (Å²) >= 11 is 18.8. The summed E-state index contributed by atoms with van der Waals surface area (Å²) in [7, 11) is -2.73. The average Bonchev–Trinajstić information content (AvgIpc) is 2.86. The molecule has 0 aliphatic rings. The van der Waals surface area contributed by atoms with E-state index >= 15 is 0 Å². The van der Waals surface area contributed by atoms with E-state index in [1.165, 1.54) is 24.1 Å². The molecule has 0 saturated carbocycles. The van der Waals surface area contributed by atoms with Gasteiger partial charge >= 0.3 is 0 Å². The molecule has 0 aliphatic carbocycles. The number of halogens is 3. The van der Waals surface area contributed by atoms with Crippen LogP contribution in [-0.2, 0) is 26.2 Å². The number of aryl methyl sites for hydroxylation is 2. The zero-order chi connectivity index (χ0) is 28.2. The van der Waals surface area contributed by atoms with Crippen molar-refractivity contribution >= 4 is 62.3 Å². The fraction of sp³-hybridized carbons (Fsp3) is 0.259. The second-order valence-electron chi connectivity index (χ2n) is 8.77. The first-order valence-corrected chi connectivity index (χ1v) is 14.2. The number of carbonyl (C=O) groups excluding carboxylic acids is 2. The Morgan fingerprint density at radius 1 is 0.947 bits per heavy atom. The molecule has 2 amide bonds. The summed E-state index contributed by atoms with van der Waals surface area (Å²) in [6, 6.07) is 15.0. The van der Waals surface area contributed by atoms with Gasteiger partial charge in [0.15, 0.2) is 0 Å². The van der Waals surface area contributed by atoms with E-state index in [9.17, 15) is 18.0 Å². The summed E-state index contributed by atoms with van der Waals surface area (Å²) < 4.78 is 28.8. The van der Waals surface area contributed by atoms with Crippen LogP contribution in [0.4, 0.5) is 5.69 Å². The summed E-state index contributed by atoms with van der Waals surface area (Å²) in [5.41, 5.74) is 2.17. The van der Waals surface area contributed by atoms with E-state index in [4.69, 9.17) is 34.8 Å². The molecule has 0 fully saturated rings. The standard InChI is InChI=1S/C27H28Cl3N3O4S/c1-17-8-11-21(12-9-17)38(36,37)33(25-13-10-20(28)14-18(25)2)16-26(34)32(19(3)27(35)31-4)15-22-23(29)6-5-7-24(22)30/h5-14,19H,15-16H2,1-4H3,(H,31,35)/t19-/m0/s1. The van der Waals surface area contributed by atoms with Gasteiger partial charge in [0, 0.05) is 34.2 Å². The molecule has 0 aromatic heterocycles. The molecule has 0 unspecified atom stereocenters. The monoisotopic (exact) mass is 595 g/mol. The van der Waals surface area contributed by atoms with Crippen molar-refractivity contribution in [2.75, 3.05) is 17.9 Å². The van der Waals surface area contributed by atoms with Crippen LogP contribution in [0.2, 0.25) is 15.1 Å². The van der Waals surface area contributed by atoms with Gasteiger partial charge in [-0.05, 0) is 68.8 Å². The molecule has 0 bridgehead atoms. The van der Waals surface area contributed by atoms with Crippen LogP contribution >= 0.6 is 34.8 Å². The van der Waals surface area contributed by atoms with Gasteiger partial charge < -0.3 is 10.2 Å². The third-order valence-corrected chi connectivity index (χ3v) is 8.84. The topological polar surface area (TPSA) is 86.8 Å². The Morgan fingerprint density at radius 3 is 2.11 bits per heavy atom. The van der Waals surface area contributed by atoms with Gasteiger partial charge in [-0.3, -0.25) is 13.9 Å². The third-order valence-electron chi connectivity index (χ3n) is 6.12. The average molecular weight is 597 g/mol. The minimum absolute atomic E-state index is 0.0188. The molecule has 1 atom stereocenters. The van der Waals surface area contributed by atoms with Gasteiger partial charge in [-0.2, -0.15) is 0 Å². The number of hydrogen-bond acceptors (Lipinski definition) is 4. The minimum atomic E-state index is -4.19. The second kappa shape index (κ2) is 12.4. The minimum Gasteiger partial charge on any atom is -0.357 e. The van der Waals surface area contributed by atoms with E-state index in [0.29, 0.717) is 26.2 Å². The van der Waals surface area contributed by atoms with Gasteiger partial charge in [-0.1, -0.05) is 58.6 Å². The van der Waals surface area contributed by atoms with Crippen LogP contribution in [0.1, 0.15) is 23.6 Å². The fourth-order valence-corrected chi connectivity index (χ4v) is 6.12. The molecule has 0 saturated heterocycles. The molecule has 0 spiro atoms. The first-order chi connectivity index (χ1) is 17.9. The zero-order valence-corrected chi connectivity index (χ0v) is 24.4. The molecular weight excluding hydrogens is 569 g/mol. The maximum atomic E-state index is 13.9. The third kappa shape index (κ3) is 6.61. The molecule has 0 aliphatic heterocycles. The highest BCUT2D eigenvalue weighted by molar-refractivity contribution is 7.92. The highest BCUT2D eigenvalue weighted by atomic mass is 35.5. The Kier molecular flexibility index (Phi) is 9.70. The van der Waals surface area contributed by atoms with Crippen LogP contribution in [-0.4, -0.2) is 44.8 Å². The van der Waals surface area contributed by atoms with Crippen molar-refractivity contribution in [3.05, 3.63) is 92.4 Å². The number of rotatable bonds is 9. The Balaban J connectivity index is 2.10. The van der Waals surface area contributed by atoms with Gasteiger partial charge in [0.1, 0.15) is 12.6 Å². The van der Waals surface area contributed by atoms with E-state index in [-0.39, 0.29) is 17.1 Å². The Bertz CT molecular complexity index is 1430. The molecule has 3 rings (SSSR count). The smallest absolute Gasteiger partial charge is 0.264 e. The number of hydrogen-bond donors (Lipinski definition) is 1. The SMILES string of the molecule is CNC(=O)[C@H](C)N(Cc1c(Cl)cccc1Cl)C(=O)CN(c1ccc(Cl)cc1C)S(=O)(=O)c1ccc(C)cc1. The van der Waals surface area contributed by atoms with Crippen LogP contribution in [0.3, 0.4) is 0 Å². The molecule has 1 N–H and O–H groups in total. The van der Waals surface area contributed by atoms with E-state index in [1.807, 2.05) is 6.92 Å². The normalized spacial score (nSPS) is 12.1. The highest BCUT2D eigenvalue weighted by Gasteiger charge is 2.33. The van der Waals surface area contributed by atoms with E-state index < -0.39 is 34.4 Å². The van der Waals surface area contributed by atoms with Crippen molar-refractivity contribution < 1.29 is 18.0 Å². The molecule has 7 nitrogen and oxygen atoms in total. The Labute approximate surface area is 238 Å². The summed E-state index contributed by atoms with van der Waals surface area (Å²) in [6.07, 6.45) is 0. The maximum Gasteiger partial charge on any atom is 0.264 e. The lowest BCUT2D eigenvalue weighted by molar-refractivity contribution is -0.139. The summed E-state index contributed by atoms with van der Waals surface area (Å²) in [5.74, 6) is -1.06. The number of benzene rings is 3. The molecule has 3 aromatic rings. The number of nitrogens with one attached hydrogen (secondary N) is 1. The predicted octanol–water partition coefficient (Wildman–Crippen LogP) is 5.62. The molecular formula is C27H28Cl3N3O4S. The van der Waals surface area contributed by atoms with Crippen LogP contribution in [0.15, 0.2) is 65.6 Å². The maximum absolute atomic E-state index is 13.9. The number of nitrogens with zero attached hydrogens (tertiary/aromatic N) is 2. The van der Waals surface area contributed by atoms with Crippen molar-refractivity contribution in [1.82, 2.24) is 10.2 Å². The number of amides is 2. The van der Waals surface area contributed by atoms with Crippen LogP contribution in [0, 0.1) is 13.8 Å². The first kappa shape index (κ1) is 29.8. The lowest BCUT2D eigenvalue weighted by Gasteiger charge is -2.32. The first-order valence-electron chi connectivity index (χ1n) is 11.7. The molecule has 11 heteroatoms. The summed E-state index contributed by atoms with van der Waals surface area (Å²) in [4.78, 5) is 27.7.